The molecule has 0 amide bonds. The molecule has 1 rings (SSSR count). The van der Waals surface area contributed by atoms with E-state index in [0.717, 1.165) is 0 Å². The van der Waals surface area contributed by atoms with Crippen LogP contribution in [0.25, 0.3) is 0 Å². The molecule has 1 N–H and O–H groups in total. The van der Waals surface area contributed by atoms with Gasteiger partial charge in [0.1, 0.15) is 6.10 Å². The lowest BCUT2D eigenvalue weighted by atomic mass is 10.1. The standard InChI is InChI=1S/C11H21ClO4/c1-11(2)15-9(10(7-12)16-11)6-8(14-3)4-5-13/h8-10,13H,4-7H2,1-3H3/t8-,9+,10+/m0/s1. The summed E-state index contributed by atoms with van der Waals surface area (Å²) in [6, 6.07) is 0. The van der Waals surface area contributed by atoms with E-state index in [-0.39, 0.29) is 24.9 Å². The number of ether oxygens (including phenoxy) is 3. The highest BCUT2D eigenvalue weighted by Crippen LogP contribution is 2.31. The highest BCUT2D eigenvalue weighted by Gasteiger charge is 2.41. The Morgan fingerprint density at radius 2 is 2.00 bits per heavy atom. The number of alkyl halides is 1. The Morgan fingerprint density at radius 1 is 1.38 bits per heavy atom. The first-order chi connectivity index (χ1) is 7.52. The zero-order valence-corrected chi connectivity index (χ0v) is 10.9. The van der Waals surface area contributed by atoms with Crippen LogP contribution in [0, 0.1) is 0 Å². The van der Waals surface area contributed by atoms with Gasteiger partial charge in [0.05, 0.1) is 18.1 Å². The van der Waals surface area contributed by atoms with Crippen molar-refractivity contribution in [2.24, 2.45) is 0 Å². The fourth-order valence-electron chi connectivity index (χ4n) is 1.97. The van der Waals surface area contributed by atoms with E-state index in [0.29, 0.717) is 18.7 Å². The number of aliphatic hydroxyl groups excluding tert-OH is 1. The lowest BCUT2D eigenvalue weighted by Gasteiger charge is -2.21. The molecule has 0 bridgehead atoms. The molecule has 0 unspecified atom stereocenters. The smallest absolute Gasteiger partial charge is 0.163 e. The van der Waals surface area contributed by atoms with Gasteiger partial charge in [-0.1, -0.05) is 0 Å². The van der Waals surface area contributed by atoms with Crippen molar-refractivity contribution in [3.05, 3.63) is 0 Å². The highest BCUT2D eigenvalue weighted by molar-refractivity contribution is 6.18. The lowest BCUT2D eigenvalue weighted by Crippen LogP contribution is -2.30. The van der Waals surface area contributed by atoms with Crippen molar-refractivity contribution in [1.29, 1.82) is 0 Å². The van der Waals surface area contributed by atoms with E-state index in [1.165, 1.54) is 0 Å². The number of hydrogen-bond donors (Lipinski definition) is 1. The summed E-state index contributed by atoms with van der Waals surface area (Å²) in [5, 5.41) is 8.89. The van der Waals surface area contributed by atoms with Gasteiger partial charge in [-0.05, 0) is 20.3 Å². The molecule has 3 atom stereocenters. The maximum atomic E-state index is 8.89. The Labute approximate surface area is 102 Å². The fraction of sp³-hybridized carbons (Fsp3) is 1.00. The van der Waals surface area contributed by atoms with E-state index in [1.807, 2.05) is 13.8 Å². The highest BCUT2D eigenvalue weighted by atomic mass is 35.5. The minimum atomic E-state index is -0.582. The Morgan fingerprint density at radius 3 is 2.50 bits per heavy atom. The number of aliphatic hydroxyl groups is 1. The van der Waals surface area contributed by atoms with Crippen LogP contribution in [0.1, 0.15) is 26.7 Å². The van der Waals surface area contributed by atoms with Crippen LogP contribution in [-0.4, -0.2) is 48.8 Å². The number of hydrogen-bond acceptors (Lipinski definition) is 4. The largest absolute Gasteiger partial charge is 0.396 e. The first kappa shape index (κ1) is 14.2. The van der Waals surface area contributed by atoms with Gasteiger partial charge in [-0.2, -0.15) is 0 Å². The van der Waals surface area contributed by atoms with Crippen molar-refractivity contribution in [2.45, 2.75) is 50.8 Å². The second kappa shape index (κ2) is 6.17. The Balaban J connectivity index is 2.51. The van der Waals surface area contributed by atoms with Gasteiger partial charge in [0.2, 0.25) is 0 Å². The van der Waals surface area contributed by atoms with E-state index < -0.39 is 5.79 Å². The minimum Gasteiger partial charge on any atom is -0.396 e. The number of halogens is 1. The average Bonchev–Trinajstić information content (AvgIpc) is 2.52. The third-order valence-corrected chi connectivity index (χ3v) is 3.02. The Bertz CT molecular complexity index is 210. The number of rotatable bonds is 6. The summed E-state index contributed by atoms with van der Waals surface area (Å²) < 4.78 is 16.7. The molecule has 0 spiro atoms. The molecule has 5 heteroatoms. The molecule has 4 nitrogen and oxygen atoms in total. The topological polar surface area (TPSA) is 47.9 Å². The van der Waals surface area contributed by atoms with Crippen LogP contribution in [0.4, 0.5) is 0 Å². The fourth-order valence-corrected chi connectivity index (χ4v) is 2.24. The van der Waals surface area contributed by atoms with Crippen molar-refractivity contribution in [3.8, 4) is 0 Å². The summed E-state index contributed by atoms with van der Waals surface area (Å²) in [5.74, 6) is -0.175. The van der Waals surface area contributed by atoms with Crippen LogP contribution >= 0.6 is 11.6 Å². The number of methoxy groups -OCH3 is 1. The molecule has 0 saturated carbocycles. The van der Waals surface area contributed by atoms with E-state index in [1.54, 1.807) is 7.11 Å². The van der Waals surface area contributed by atoms with Gasteiger partial charge < -0.3 is 19.3 Å². The molecule has 1 heterocycles. The molecule has 0 aromatic heterocycles. The third-order valence-electron chi connectivity index (χ3n) is 2.72. The normalized spacial score (nSPS) is 30.6. The molecule has 0 radical (unpaired) electrons. The van der Waals surface area contributed by atoms with Gasteiger partial charge in [0, 0.05) is 20.1 Å². The molecule has 1 saturated heterocycles. The van der Waals surface area contributed by atoms with Gasteiger partial charge >= 0.3 is 0 Å². The first-order valence-corrected chi connectivity index (χ1v) is 6.11. The predicted molar refractivity (Wildman–Crippen MR) is 61.7 cm³/mol. The summed E-state index contributed by atoms with van der Waals surface area (Å²) >= 11 is 5.84. The van der Waals surface area contributed by atoms with Crippen molar-refractivity contribution in [1.82, 2.24) is 0 Å². The Kier molecular flexibility index (Phi) is 5.47. The molecule has 16 heavy (non-hydrogen) atoms. The van der Waals surface area contributed by atoms with Gasteiger partial charge in [-0.3, -0.25) is 0 Å². The van der Waals surface area contributed by atoms with Crippen LogP contribution in [-0.2, 0) is 14.2 Å². The van der Waals surface area contributed by atoms with Crippen molar-refractivity contribution in [2.75, 3.05) is 19.6 Å². The molecular formula is C11H21ClO4. The minimum absolute atomic E-state index is 0.0155. The molecule has 0 aromatic rings. The quantitative estimate of drug-likeness (QED) is 0.729. The molecular weight excluding hydrogens is 232 g/mol. The second-order valence-corrected chi connectivity index (χ2v) is 4.78. The summed E-state index contributed by atoms with van der Waals surface area (Å²) in [6.45, 7) is 3.86. The van der Waals surface area contributed by atoms with Gasteiger partial charge in [0.15, 0.2) is 5.79 Å². The SMILES string of the molecule is CO[C@@H](CCO)C[C@H]1OC(C)(C)O[C@@H]1CCl. The van der Waals surface area contributed by atoms with Crippen molar-refractivity contribution in [3.63, 3.8) is 0 Å². The molecule has 1 aliphatic heterocycles. The van der Waals surface area contributed by atoms with E-state index in [4.69, 9.17) is 30.9 Å². The maximum absolute atomic E-state index is 8.89. The van der Waals surface area contributed by atoms with Gasteiger partial charge in [0.25, 0.3) is 0 Å². The van der Waals surface area contributed by atoms with Crippen LogP contribution in [0.3, 0.4) is 0 Å². The van der Waals surface area contributed by atoms with Crippen LogP contribution in [0.2, 0.25) is 0 Å². The predicted octanol–water partition coefficient (Wildman–Crippen LogP) is 1.53. The molecule has 1 fully saturated rings. The van der Waals surface area contributed by atoms with Crippen LogP contribution in [0.5, 0.6) is 0 Å². The summed E-state index contributed by atoms with van der Waals surface area (Å²) in [5.41, 5.74) is 0. The average molecular weight is 253 g/mol. The third kappa shape index (κ3) is 3.86. The molecule has 0 aliphatic carbocycles. The molecule has 96 valence electrons. The van der Waals surface area contributed by atoms with E-state index >= 15 is 0 Å². The summed E-state index contributed by atoms with van der Waals surface area (Å²) in [4.78, 5) is 0. The zero-order valence-electron chi connectivity index (χ0n) is 10.1. The van der Waals surface area contributed by atoms with Crippen molar-refractivity contribution < 1.29 is 19.3 Å². The van der Waals surface area contributed by atoms with Crippen LogP contribution < -0.4 is 0 Å². The van der Waals surface area contributed by atoms with Crippen molar-refractivity contribution >= 4 is 11.6 Å². The summed E-state index contributed by atoms with van der Waals surface area (Å²) in [7, 11) is 1.64. The van der Waals surface area contributed by atoms with Crippen LogP contribution in [0.15, 0.2) is 0 Å². The van der Waals surface area contributed by atoms with E-state index in [2.05, 4.69) is 0 Å². The Hall–Kier alpha value is 0.130. The maximum Gasteiger partial charge on any atom is 0.163 e. The molecule has 1 aliphatic rings. The molecule has 0 aromatic carbocycles. The van der Waals surface area contributed by atoms with Gasteiger partial charge in [-0.25, -0.2) is 0 Å². The van der Waals surface area contributed by atoms with Gasteiger partial charge in [-0.15, -0.1) is 11.6 Å². The monoisotopic (exact) mass is 252 g/mol. The second-order valence-electron chi connectivity index (χ2n) is 4.47. The van der Waals surface area contributed by atoms with E-state index in [9.17, 15) is 0 Å². The lowest BCUT2D eigenvalue weighted by molar-refractivity contribution is -0.147. The summed E-state index contributed by atoms with van der Waals surface area (Å²) in [6.07, 6.45) is 1.11. The first-order valence-electron chi connectivity index (χ1n) is 5.57. The zero-order chi connectivity index (χ0) is 12.2.